The lowest BCUT2D eigenvalue weighted by Gasteiger charge is -2.11. The molecule has 5 heteroatoms. The fraction of sp³-hybridized carbons (Fsp3) is 0.333. The van der Waals surface area contributed by atoms with Crippen molar-refractivity contribution < 1.29 is 9.90 Å². The number of aromatic hydroxyl groups is 1. The maximum atomic E-state index is 11.5. The highest BCUT2D eigenvalue weighted by molar-refractivity contribution is 5.96. The normalized spacial score (nSPS) is 12.1. The van der Waals surface area contributed by atoms with E-state index < -0.39 is 0 Å². The van der Waals surface area contributed by atoms with Gasteiger partial charge in [-0.2, -0.15) is 0 Å². The number of aromatic nitrogens is 1. The van der Waals surface area contributed by atoms with Crippen LogP contribution >= 0.6 is 0 Å². The summed E-state index contributed by atoms with van der Waals surface area (Å²) in [7, 11) is 0. The van der Waals surface area contributed by atoms with Gasteiger partial charge in [-0.05, 0) is 13.0 Å². The molecule has 1 amide bonds. The SMILES string of the molecule is C[C@H](CN)NC(=O)c1ccncc1O. The van der Waals surface area contributed by atoms with Crippen LogP contribution in [0, 0.1) is 0 Å². The topological polar surface area (TPSA) is 88.2 Å². The van der Waals surface area contributed by atoms with E-state index in [1.165, 1.54) is 18.5 Å². The number of rotatable bonds is 3. The van der Waals surface area contributed by atoms with Gasteiger partial charge in [0.2, 0.25) is 0 Å². The summed E-state index contributed by atoms with van der Waals surface area (Å²) in [5.41, 5.74) is 5.56. The molecule has 0 unspecified atom stereocenters. The maximum Gasteiger partial charge on any atom is 0.255 e. The lowest BCUT2D eigenvalue weighted by Crippen LogP contribution is -2.37. The van der Waals surface area contributed by atoms with Crippen LogP contribution in [-0.2, 0) is 0 Å². The summed E-state index contributed by atoms with van der Waals surface area (Å²) in [5, 5.41) is 11.9. The Morgan fingerprint density at radius 3 is 3.07 bits per heavy atom. The van der Waals surface area contributed by atoms with Crippen molar-refractivity contribution in [3.8, 4) is 5.75 Å². The fourth-order valence-electron chi connectivity index (χ4n) is 0.939. The average Bonchev–Trinajstić information content (AvgIpc) is 2.18. The Morgan fingerprint density at radius 2 is 2.50 bits per heavy atom. The quantitative estimate of drug-likeness (QED) is 0.626. The van der Waals surface area contributed by atoms with Gasteiger partial charge in [-0.3, -0.25) is 9.78 Å². The minimum absolute atomic E-state index is 0.116. The number of carbonyl (C=O) groups is 1. The van der Waals surface area contributed by atoms with E-state index in [0.717, 1.165) is 0 Å². The van der Waals surface area contributed by atoms with E-state index in [2.05, 4.69) is 10.3 Å². The zero-order valence-electron chi connectivity index (χ0n) is 7.90. The predicted molar refractivity (Wildman–Crippen MR) is 51.9 cm³/mol. The summed E-state index contributed by atoms with van der Waals surface area (Å²) in [4.78, 5) is 15.2. The molecule has 5 nitrogen and oxygen atoms in total. The van der Waals surface area contributed by atoms with Gasteiger partial charge in [0.05, 0.1) is 11.8 Å². The molecule has 1 aromatic heterocycles. The van der Waals surface area contributed by atoms with Gasteiger partial charge in [-0.25, -0.2) is 0 Å². The summed E-state index contributed by atoms with van der Waals surface area (Å²) < 4.78 is 0. The number of carbonyl (C=O) groups excluding carboxylic acids is 1. The highest BCUT2D eigenvalue weighted by Crippen LogP contribution is 2.13. The van der Waals surface area contributed by atoms with Crippen molar-refractivity contribution in [3.05, 3.63) is 24.0 Å². The zero-order valence-corrected chi connectivity index (χ0v) is 7.90. The van der Waals surface area contributed by atoms with Crippen LogP contribution < -0.4 is 11.1 Å². The molecular weight excluding hydrogens is 182 g/mol. The van der Waals surface area contributed by atoms with Crippen molar-refractivity contribution in [1.82, 2.24) is 10.3 Å². The van der Waals surface area contributed by atoms with Gasteiger partial charge in [0.15, 0.2) is 0 Å². The van der Waals surface area contributed by atoms with Crippen LogP contribution in [0.3, 0.4) is 0 Å². The highest BCUT2D eigenvalue weighted by Gasteiger charge is 2.11. The molecule has 1 atom stereocenters. The standard InChI is InChI=1S/C9H13N3O2/c1-6(4-10)12-9(14)7-2-3-11-5-8(7)13/h2-3,5-6,13H,4,10H2,1H3,(H,12,14)/t6-/m1/s1. The smallest absolute Gasteiger partial charge is 0.255 e. The molecule has 0 fully saturated rings. The summed E-state index contributed by atoms with van der Waals surface area (Å²) in [6.45, 7) is 2.15. The predicted octanol–water partition coefficient (Wildman–Crippen LogP) is -0.136. The van der Waals surface area contributed by atoms with Crippen LogP contribution in [0.1, 0.15) is 17.3 Å². The van der Waals surface area contributed by atoms with E-state index in [0.29, 0.717) is 6.54 Å². The van der Waals surface area contributed by atoms with Crippen molar-refractivity contribution >= 4 is 5.91 Å². The van der Waals surface area contributed by atoms with Gasteiger partial charge >= 0.3 is 0 Å². The maximum absolute atomic E-state index is 11.5. The Hall–Kier alpha value is -1.62. The third kappa shape index (κ3) is 2.43. The number of amides is 1. The molecule has 1 heterocycles. The molecule has 0 bridgehead atoms. The summed E-state index contributed by atoms with van der Waals surface area (Å²) in [6.07, 6.45) is 2.67. The van der Waals surface area contributed by atoms with Crippen LogP contribution in [0.2, 0.25) is 0 Å². The molecule has 4 N–H and O–H groups in total. The second-order valence-corrected chi connectivity index (χ2v) is 3.00. The summed E-state index contributed by atoms with van der Waals surface area (Å²) >= 11 is 0. The van der Waals surface area contributed by atoms with Crippen molar-refractivity contribution in [2.45, 2.75) is 13.0 Å². The first-order valence-corrected chi connectivity index (χ1v) is 4.29. The van der Waals surface area contributed by atoms with E-state index in [9.17, 15) is 9.90 Å². The molecular formula is C9H13N3O2. The average molecular weight is 195 g/mol. The van der Waals surface area contributed by atoms with Crippen LogP contribution in [-0.4, -0.2) is 28.6 Å². The van der Waals surface area contributed by atoms with Crippen molar-refractivity contribution in [2.24, 2.45) is 5.73 Å². The largest absolute Gasteiger partial charge is 0.505 e. The van der Waals surface area contributed by atoms with Crippen LogP contribution in [0.4, 0.5) is 0 Å². The molecule has 1 aromatic rings. The van der Waals surface area contributed by atoms with Gasteiger partial charge in [-0.15, -0.1) is 0 Å². The van der Waals surface area contributed by atoms with E-state index in [4.69, 9.17) is 5.73 Å². The lowest BCUT2D eigenvalue weighted by atomic mass is 10.2. The Kier molecular flexibility index (Phi) is 3.41. The highest BCUT2D eigenvalue weighted by atomic mass is 16.3. The number of nitrogens with two attached hydrogens (primary N) is 1. The van der Waals surface area contributed by atoms with Crippen molar-refractivity contribution in [3.63, 3.8) is 0 Å². The van der Waals surface area contributed by atoms with Gasteiger partial charge in [0, 0.05) is 18.8 Å². The molecule has 0 radical (unpaired) electrons. The minimum atomic E-state index is -0.345. The molecule has 0 saturated carbocycles. The number of hydrogen-bond donors (Lipinski definition) is 3. The molecule has 0 aromatic carbocycles. The monoisotopic (exact) mass is 195 g/mol. The molecule has 1 rings (SSSR count). The molecule has 0 aliphatic heterocycles. The van der Waals surface area contributed by atoms with Gasteiger partial charge in [-0.1, -0.05) is 0 Å². The first-order chi connectivity index (χ1) is 6.65. The third-order valence-electron chi connectivity index (χ3n) is 1.78. The molecule has 0 aliphatic rings. The Balaban J connectivity index is 2.75. The molecule has 0 spiro atoms. The molecule has 0 aliphatic carbocycles. The fourth-order valence-corrected chi connectivity index (χ4v) is 0.939. The van der Waals surface area contributed by atoms with Crippen LogP contribution in [0.25, 0.3) is 0 Å². The minimum Gasteiger partial charge on any atom is -0.505 e. The zero-order chi connectivity index (χ0) is 10.6. The number of pyridine rings is 1. The number of nitrogens with zero attached hydrogens (tertiary/aromatic N) is 1. The first-order valence-electron chi connectivity index (χ1n) is 4.29. The number of nitrogens with one attached hydrogen (secondary N) is 1. The van der Waals surface area contributed by atoms with Crippen LogP contribution in [0.15, 0.2) is 18.5 Å². The Bertz CT molecular complexity index is 328. The third-order valence-corrected chi connectivity index (χ3v) is 1.78. The van der Waals surface area contributed by atoms with E-state index in [1.807, 2.05) is 0 Å². The van der Waals surface area contributed by atoms with Crippen molar-refractivity contribution in [2.75, 3.05) is 6.54 Å². The van der Waals surface area contributed by atoms with Gasteiger partial charge < -0.3 is 16.2 Å². The molecule has 14 heavy (non-hydrogen) atoms. The van der Waals surface area contributed by atoms with Gasteiger partial charge in [0.25, 0.3) is 5.91 Å². The van der Waals surface area contributed by atoms with Crippen molar-refractivity contribution in [1.29, 1.82) is 0 Å². The second kappa shape index (κ2) is 4.57. The van der Waals surface area contributed by atoms with E-state index in [-0.39, 0.29) is 23.3 Å². The molecule has 76 valence electrons. The second-order valence-electron chi connectivity index (χ2n) is 3.00. The molecule has 0 saturated heterocycles. The van der Waals surface area contributed by atoms with Gasteiger partial charge in [0.1, 0.15) is 5.75 Å². The number of hydrogen-bond acceptors (Lipinski definition) is 4. The van der Waals surface area contributed by atoms with Crippen LogP contribution in [0.5, 0.6) is 5.75 Å². The first kappa shape index (κ1) is 10.5. The Labute approximate surface area is 82.0 Å². The Morgan fingerprint density at radius 1 is 1.79 bits per heavy atom. The lowest BCUT2D eigenvalue weighted by molar-refractivity contribution is 0.0938. The van der Waals surface area contributed by atoms with E-state index >= 15 is 0 Å². The summed E-state index contributed by atoms with van der Waals surface area (Å²) in [6, 6.07) is 1.34. The van der Waals surface area contributed by atoms with E-state index in [1.54, 1.807) is 6.92 Å². The summed E-state index contributed by atoms with van der Waals surface area (Å²) in [5.74, 6) is -0.475.